The first kappa shape index (κ1) is 11.6. The molecule has 84 valence electrons. The molecular formula is C10H8Cl2N2OS. The average Bonchev–Trinajstić information content (AvgIpc) is 2.76. The second kappa shape index (κ2) is 5.48. The van der Waals surface area contributed by atoms with Gasteiger partial charge in [-0.1, -0.05) is 41.1 Å². The van der Waals surface area contributed by atoms with Gasteiger partial charge < -0.3 is 4.74 Å². The van der Waals surface area contributed by atoms with Crippen molar-refractivity contribution in [3.8, 4) is 5.19 Å². The molecule has 0 aliphatic carbocycles. The van der Waals surface area contributed by atoms with Crippen molar-refractivity contribution in [3.63, 3.8) is 0 Å². The third kappa shape index (κ3) is 2.84. The quantitative estimate of drug-likeness (QED) is 0.801. The van der Waals surface area contributed by atoms with Crippen LogP contribution in [0.15, 0.2) is 24.3 Å². The lowest BCUT2D eigenvalue weighted by Crippen LogP contribution is -1.95. The summed E-state index contributed by atoms with van der Waals surface area (Å²) in [5, 5.41) is 9.64. The molecule has 0 N–H and O–H groups in total. The van der Waals surface area contributed by atoms with Crippen LogP contribution >= 0.6 is 34.5 Å². The van der Waals surface area contributed by atoms with Gasteiger partial charge in [0.2, 0.25) is 0 Å². The van der Waals surface area contributed by atoms with Crippen LogP contribution in [0.4, 0.5) is 0 Å². The number of hydrogen-bond donors (Lipinski definition) is 0. The lowest BCUT2D eigenvalue weighted by Gasteiger charge is -2.03. The Kier molecular flexibility index (Phi) is 3.98. The second-order valence-electron chi connectivity index (χ2n) is 2.98. The third-order valence-electron chi connectivity index (χ3n) is 1.87. The summed E-state index contributed by atoms with van der Waals surface area (Å²) < 4.78 is 5.46. The van der Waals surface area contributed by atoms with Gasteiger partial charge in [0.1, 0.15) is 11.6 Å². The summed E-state index contributed by atoms with van der Waals surface area (Å²) in [5.74, 6) is 0.354. The van der Waals surface area contributed by atoms with Crippen LogP contribution in [0.3, 0.4) is 0 Å². The molecule has 0 bridgehead atoms. The predicted molar refractivity (Wildman–Crippen MR) is 65.3 cm³/mol. The highest BCUT2D eigenvalue weighted by molar-refractivity contribution is 7.13. The molecular weight excluding hydrogens is 267 g/mol. The number of rotatable bonds is 4. The smallest absolute Gasteiger partial charge is 0.294 e. The van der Waals surface area contributed by atoms with Crippen molar-refractivity contribution in [2.45, 2.75) is 12.5 Å². The zero-order chi connectivity index (χ0) is 11.4. The van der Waals surface area contributed by atoms with Gasteiger partial charge >= 0.3 is 0 Å². The Balaban J connectivity index is 1.99. The molecule has 0 saturated heterocycles. The Morgan fingerprint density at radius 1 is 1.25 bits per heavy atom. The third-order valence-corrected chi connectivity index (χ3v) is 3.49. The monoisotopic (exact) mass is 274 g/mol. The van der Waals surface area contributed by atoms with Crippen molar-refractivity contribution in [2.24, 2.45) is 0 Å². The fraction of sp³-hybridized carbons (Fsp3) is 0.200. The van der Waals surface area contributed by atoms with E-state index in [1.54, 1.807) is 0 Å². The van der Waals surface area contributed by atoms with Crippen molar-refractivity contribution >= 4 is 34.5 Å². The minimum Gasteiger partial charge on any atom is -0.464 e. The molecule has 1 heterocycles. The van der Waals surface area contributed by atoms with Gasteiger partial charge in [-0.2, -0.15) is 0 Å². The maximum atomic E-state index is 5.99. The van der Waals surface area contributed by atoms with Gasteiger partial charge in [-0.05, 0) is 6.07 Å². The lowest BCUT2D eigenvalue weighted by atomic mass is 10.2. The molecule has 1 aromatic heterocycles. The Labute approximate surface area is 107 Å². The molecule has 0 aliphatic rings. The first-order valence-corrected chi connectivity index (χ1v) is 6.27. The van der Waals surface area contributed by atoms with E-state index >= 15 is 0 Å². The van der Waals surface area contributed by atoms with E-state index in [-0.39, 0.29) is 0 Å². The van der Waals surface area contributed by atoms with Crippen LogP contribution in [0.5, 0.6) is 5.19 Å². The molecule has 0 spiro atoms. The highest BCUT2D eigenvalue weighted by Crippen LogP contribution is 2.22. The first-order valence-electron chi connectivity index (χ1n) is 4.54. The molecule has 16 heavy (non-hydrogen) atoms. The largest absolute Gasteiger partial charge is 0.464 e. The SMILES string of the molecule is ClCc1nnc(OCc2ccccc2Cl)s1. The molecule has 3 nitrogen and oxygen atoms in total. The van der Waals surface area contributed by atoms with E-state index in [4.69, 9.17) is 27.9 Å². The number of halogens is 2. The van der Waals surface area contributed by atoms with Gasteiger partial charge in [-0.3, -0.25) is 0 Å². The molecule has 0 saturated carbocycles. The van der Waals surface area contributed by atoms with Crippen molar-refractivity contribution in [1.29, 1.82) is 0 Å². The molecule has 0 aliphatic heterocycles. The molecule has 6 heteroatoms. The fourth-order valence-corrected chi connectivity index (χ4v) is 2.05. The summed E-state index contributed by atoms with van der Waals surface area (Å²) in [7, 11) is 0. The van der Waals surface area contributed by atoms with E-state index in [1.165, 1.54) is 11.3 Å². The van der Waals surface area contributed by atoms with Gasteiger partial charge in [-0.25, -0.2) is 0 Å². The number of nitrogens with zero attached hydrogens (tertiary/aromatic N) is 2. The summed E-state index contributed by atoms with van der Waals surface area (Å²) >= 11 is 12.9. The molecule has 0 radical (unpaired) electrons. The van der Waals surface area contributed by atoms with E-state index in [1.807, 2.05) is 24.3 Å². The number of alkyl halides is 1. The van der Waals surface area contributed by atoms with Crippen LogP contribution in [-0.4, -0.2) is 10.2 Å². The minimum atomic E-state index is 0.354. The summed E-state index contributed by atoms with van der Waals surface area (Å²) in [6, 6.07) is 7.52. The molecule has 2 aromatic rings. The van der Waals surface area contributed by atoms with Gasteiger partial charge in [0, 0.05) is 10.6 Å². The summed E-state index contributed by atoms with van der Waals surface area (Å²) in [6.07, 6.45) is 0. The van der Waals surface area contributed by atoms with Crippen LogP contribution in [0.1, 0.15) is 10.6 Å². The van der Waals surface area contributed by atoms with Crippen LogP contribution in [0.2, 0.25) is 5.02 Å². The summed E-state index contributed by atoms with van der Waals surface area (Å²) in [6.45, 7) is 0.386. The van der Waals surface area contributed by atoms with Gasteiger partial charge in [-0.15, -0.1) is 21.8 Å². The number of ether oxygens (including phenoxy) is 1. The molecule has 0 unspecified atom stereocenters. The Morgan fingerprint density at radius 3 is 2.75 bits per heavy atom. The lowest BCUT2D eigenvalue weighted by molar-refractivity contribution is 0.302. The van der Waals surface area contributed by atoms with E-state index in [0.717, 1.165) is 10.6 Å². The standard InChI is InChI=1S/C10H8Cl2N2OS/c11-5-9-13-14-10(16-9)15-6-7-3-1-2-4-8(7)12/h1-4H,5-6H2. The van der Waals surface area contributed by atoms with Crippen LogP contribution in [-0.2, 0) is 12.5 Å². The number of hydrogen-bond acceptors (Lipinski definition) is 4. The normalized spacial score (nSPS) is 10.4. The number of benzene rings is 1. The molecule has 0 fully saturated rings. The van der Waals surface area contributed by atoms with Crippen LogP contribution in [0.25, 0.3) is 0 Å². The van der Waals surface area contributed by atoms with E-state index < -0.39 is 0 Å². The van der Waals surface area contributed by atoms with Crippen molar-refractivity contribution in [1.82, 2.24) is 10.2 Å². The van der Waals surface area contributed by atoms with Crippen molar-refractivity contribution < 1.29 is 4.74 Å². The summed E-state index contributed by atoms with van der Waals surface area (Å²) in [4.78, 5) is 0. The molecule has 0 amide bonds. The second-order valence-corrected chi connectivity index (χ2v) is 4.67. The van der Waals surface area contributed by atoms with Gasteiger partial charge in [0.25, 0.3) is 5.19 Å². The first-order chi connectivity index (χ1) is 7.79. The van der Waals surface area contributed by atoms with E-state index in [2.05, 4.69) is 10.2 Å². The minimum absolute atomic E-state index is 0.354. The van der Waals surface area contributed by atoms with E-state index in [0.29, 0.717) is 22.7 Å². The zero-order valence-electron chi connectivity index (χ0n) is 8.19. The van der Waals surface area contributed by atoms with E-state index in [9.17, 15) is 0 Å². The average molecular weight is 275 g/mol. The highest BCUT2D eigenvalue weighted by atomic mass is 35.5. The topological polar surface area (TPSA) is 35.0 Å². The van der Waals surface area contributed by atoms with Crippen molar-refractivity contribution in [2.75, 3.05) is 0 Å². The Hall–Kier alpha value is -0.840. The Morgan fingerprint density at radius 2 is 2.06 bits per heavy atom. The zero-order valence-corrected chi connectivity index (χ0v) is 10.5. The molecule has 2 rings (SSSR count). The molecule has 0 atom stereocenters. The van der Waals surface area contributed by atoms with Gasteiger partial charge in [0.15, 0.2) is 0 Å². The van der Waals surface area contributed by atoms with Gasteiger partial charge in [0.05, 0.1) is 5.88 Å². The number of aromatic nitrogens is 2. The maximum Gasteiger partial charge on any atom is 0.294 e. The maximum absolute atomic E-state index is 5.99. The fourth-order valence-electron chi connectivity index (χ4n) is 1.11. The van der Waals surface area contributed by atoms with Crippen LogP contribution < -0.4 is 4.74 Å². The summed E-state index contributed by atoms with van der Waals surface area (Å²) in [5.41, 5.74) is 0.923. The predicted octanol–water partition coefficient (Wildman–Crippen LogP) is 3.51. The highest BCUT2D eigenvalue weighted by Gasteiger charge is 2.05. The Bertz CT molecular complexity index is 475. The van der Waals surface area contributed by atoms with Crippen LogP contribution in [0, 0.1) is 0 Å². The molecule has 1 aromatic carbocycles. The van der Waals surface area contributed by atoms with Crippen molar-refractivity contribution in [3.05, 3.63) is 39.9 Å².